The normalized spacial score (nSPS) is 29.4. The predicted molar refractivity (Wildman–Crippen MR) is 35.3 cm³/mol. The molecule has 10 heavy (non-hydrogen) atoms. The van der Waals surface area contributed by atoms with Crippen LogP contribution in [-0.2, 0) is 9.53 Å². The molecule has 0 amide bonds. The van der Waals surface area contributed by atoms with Crippen LogP contribution in [0.15, 0.2) is 12.2 Å². The summed E-state index contributed by atoms with van der Waals surface area (Å²) >= 11 is 0. The molecule has 3 heteroatoms. The molecule has 1 fully saturated rings. The van der Waals surface area contributed by atoms with Crippen LogP contribution in [-0.4, -0.2) is 23.3 Å². The number of hydrogen-bond donors (Lipinski definition) is 1. The van der Waals surface area contributed by atoms with Crippen molar-refractivity contribution in [1.82, 2.24) is 0 Å². The van der Waals surface area contributed by atoms with Crippen LogP contribution in [0.25, 0.3) is 0 Å². The first-order valence-corrected chi connectivity index (χ1v) is 3.16. The maximum Gasteiger partial charge on any atom is 0.333 e. The maximum absolute atomic E-state index is 10.7. The lowest BCUT2D eigenvalue weighted by atomic mass is 10.4. The Hall–Kier alpha value is -0.830. The molecule has 3 nitrogen and oxygen atoms in total. The van der Waals surface area contributed by atoms with Crippen molar-refractivity contribution in [2.75, 3.05) is 0 Å². The Bertz CT molecular complexity index is 174. The van der Waals surface area contributed by atoms with Crippen LogP contribution in [0.3, 0.4) is 0 Å². The van der Waals surface area contributed by atoms with Gasteiger partial charge in [0.05, 0.1) is 6.10 Å². The van der Waals surface area contributed by atoms with Gasteiger partial charge >= 0.3 is 5.97 Å². The summed E-state index contributed by atoms with van der Waals surface area (Å²) in [4.78, 5) is 10.7. The molecule has 0 radical (unpaired) electrons. The van der Waals surface area contributed by atoms with E-state index < -0.39 is 12.1 Å². The summed E-state index contributed by atoms with van der Waals surface area (Å²) in [6.07, 6.45) is -0.147. The van der Waals surface area contributed by atoms with Crippen molar-refractivity contribution in [1.29, 1.82) is 0 Å². The zero-order valence-corrected chi connectivity index (χ0v) is 5.83. The summed E-state index contributed by atoms with van der Waals surface area (Å²) in [7, 11) is 0. The van der Waals surface area contributed by atoms with E-state index >= 15 is 0 Å². The predicted octanol–water partition coefficient (Wildman–Crippen LogP) is 0.239. The number of ether oxygens (including phenoxy) is 1. The fourth-order valence-electron chi connectivity index (χ4n) is 0.524. The smallest absolute Gasteiger partial charge is 0.333 e. The third-order valence-corrected chi connectivity index (χ3v) is 1.31. The highest BCUT2D eigenvalue weighted by atomic mass is 16.6. The highest BCUT2D eigenvalue weighted by Crippen LogP contribution is 2.25. The van der Waals surface area contributed by atoms with Crippen molar-refractivity contribution < 1.29 is 14.6 Å². The van der Waals surface area contributed by atoms with Crippen molar-refractivity contribution in [2.45, 2.75) is 25.6 Å². The standard InChI is InChI=1S/C7H10O3/c1-4(2)7(9)10-6-3-5(6)8/h5-6,8H,1,3H2,2H3. The monoisotopic (exact) mass is 142 g/mol. The topological polar surface area (TPSA) is 46.5 Å². The molecule has 1 N–H and O–H groups in total. The molecule has 0 aliphatic heterocycles. The minimum atomic E-state index is -0.441. The van der Waals surface area contributed by atoms with E-state index in [0.29, 0.717) is 12.0 Å². The first-order chi connectivity index (χ1) is 4.61. The lowest BCUT2D eigenvalue weighted by molar-refractivity contribution is -0.141. The zero-order valence-electron chi connectivity index (χ0n) is 5.83. The summed E-state index contributed by atoms with van der Waals surface area (Å²) in [5, 5.41) is 8.75. The van der Waals surface area contributed by atoms with Crippen molar-refractivity contribution in [3.63, 3.8) is 0 Å². The first-order valence-electron chi connectivity index (χ1n) is 3.16. The molecule has 2 atom stereocenters. The Morgan fingerprint density at radius 3 is 2.60 bits per heavy atom. The van der Waals surface area contributed by atoms with Gasteiger partial charge < -0.3 is 9.84 Å². The van der Waals surface area contributed by atoms with Gasteiger partial charge in [0.25, 0.3) is 0 Å². The zero-order chi connectivity index (χ0) is 7.72. The van der Waals surface area contributed by atoms with Gasteiger partial charge in [0.15, 0.2) is 0 Å². The number of carbonyl (C=O) groups is 1. The molecule has 0 aromatic carbocycles. The lowest BCUT2D eigenvalue weighted by Gasteiger charge is -1.99. The minimum Gasteiger partial charge on any atom is -0.456 e. The molecule has 0 saturated heterocycles. The molecule has 1 rings (SSSR count). The Kier molecular flexibility index (Phi) is 1.76. The SMILES string of the molecule is C=C(C)C(=O)OC1CC1O. The number of rotatable bonds is 2. The third kappa shape index (κ3) is 1.57. The largest absolute Gasteiger partial charge is 0.456 e. The molecule has 0 spiro atoms. The van der Waals surface area contributed by atoms with Gasteiger partial charge in [-0.2, -0.15) is 0 Å². The molecule has 1 aliphatic carbocycles. The summed E-state index contributed by atoms with van der Waals surface area (Å²) in [6, 6.07) is 0. The summed E-state index contributed by atoms with van der Waals surface area (Å²) in [5.74, 6) is -0.415. The van der Waals surface area contributed by atoms with Crippen molar-refractivity contribution in [3.05, 3.63) is 12.2 Å². The van der Waals surface area contributed by atoms with E-state index in [1.165, 1.54) is 0 Å². The molecule has 2 unspecified atom stereocenters. The molecule has 0 heterocycles. The Labute approximate surface area is 59.3 Å². The fourth-order valence-corrected chi connectivity index (χ4v) is 0.524. The van der Waals surface area contributed by atoms with Crippen molar-refractivity contribution >= 4 is 5.97 Å². The van der Waals surface area contributed by atoms with Crippen LogP contribution in [0, 0.1) is 0 Å². The van der Waals surface area contributed by atoms with E-state index in [0.717, 1.165) is 0 Å². The van der Waals surface area contributed by atoms with E-state index in [2.05, 4.69) is 6.58 Å². The van der Waals surface area contributed by atoms with Crippen LogP contribution < -0.4 is 0 Å². The summed E-state index contributed by atoms with van der Waals surface area (Å²) in [5.41, 5.74) is 0.374. The molecular weight excluding hydrogens is 132 g/mol. The average Bonchev–Trinajstić information content (AvgIpc) is 2.46. The second kappa shape index (κ2) is 2.42. The molecule has 0 bridgehead atoms. The van der Waals surface area contributed by atoms with Gasteiger partial charge in [-0.1, -0.05) is 6.58 Å². The van der Waals surface area contributed by atoms with Crippen molar-refractivity contribution in [3.8, 4) is 0 Å². The number of hydrogen-bond acceptors (Lipinski definition) is 3. The van der Waals surface area contributed by atoms with E-state index in [9.17, 15) is 4.79 Å². The van der Waals surface area contributed by atoms with Crippen LogP contribution in [0.4, 0.5) is 0 Å². The molecule has 1 saturated carbocycles. The Balaban J connectivity index is 2.26. The molecule has 0 aromatic heterocycles. The second-order valence-corrected chi connectivity index (χ2v) is 2.53. The maximum atomic E-state index is 10.7. The lowest BCUT2D eigenvalue weighted by Crippen LogP contribution is -2.09. The fraction of sp³-hybridized carbons (Fsp3) is 0.571. The van der Waals surface area contributed by atoms with Crippen LogP contribution in [0.2, 0.25) is 0 Å². The number of esters is 1. The molecule has 1 aliphatic rings. The van der Waals surface area contributed by atoms with Crippen LogP contribution in [0.5, 0.6) is 0 Å². The van der Waals surface area contributed by atoms with Gasteiger partial charge in [-0.3, -0.25) is 0 Å². The van der Waals surface area contributed by atoms with Gasteiger partial charge in [0, 0.05) is 12.0 Å². The number of carbonyl (C=O) groups excluding carboxylic acids is 1. The average molecular weight is 142 g/mol. The summed E-state index contributed by atoms with van der Waals surface area (Å²) < 4.78 is 4.75. The van der Waals surface area contributed by atoms with E-state index in [-0.39, 0.29) is 6.10 Å². The molecule has 56 valence electrons. The highest BCUT2D eigenvalue weighted by molar-refractivity contribution is 5.87. The van der Waals surface area contributed by atoms with Gasteiger partial charge in [-0.25, -0.2) is 4.79 Å². The van der Waals surface area contributed by atoms with Gasteiger partial charge in [-0.05, 0) is 6.92 Å². The van der Waals surface area contributed by atoms with Gasteiger partial charge in [0.2, 0.25) is 0 Å². The first kappa shape index (κ1) is 7.28. The van der Waals surface area contributed by atoms with Crippen LogP contribution >= 0.6 is 0 Å². The Morgan fingerprint density at radius 2 is 2.30 bits per heavy atom. The summed E-state index contributed by atoms with van der Waals surface area (Å²) in [6.45, 7) is 4.99. The van der Waals surface area contributed by atoms with Gasteiger partial charge in [-0.15, -0.1) is 0 Å². The number of aliphatic hydroxyl groups excluding tert-OH is 1. The number of aliphatic hydroxyl groups is 1. The molecular formula is C7H10O3. The van der Waals surface area contributed by atoms with E-state index in [1.54, 1.807) is 6.92 Å². The quantitative estimate of drug-likeness (QED) is 0.443. The second-order valence-electron chi connectivity index (χ2n) is 2.53. The molecule has 0 aromatic rings. The highest BCUT2D eigenvalue weighted by Gasteiger charge is 2.39. The van der Waals surface area contributed by atoms with Gasteiger partial charge in [0.1, 0.15) is 6.10 Å². The van der Waals surface area contributed by atoms with Crippen LogP contribution in [0.1, 0.15) is 13.3 Å². The Morgan fingerprint density at radius 1 is 1.80 bits per heavy atom. The van der Waals surface area contributed by atoms with E-state index in [1.807, 2.05) is 0 Å². The van der Waals surface area contributed by atoms with Crippen molar-refractivity contribution in [2.24, 2.45) is 0 Å². The third-order valence-electron chi connectivity index (χ3n) is 1.31. The minimum absolute atomic E-state index is 0.274. The van der Waals surface area contributed by atoms with E-state index in [4.69, 9.17) is 9.84 Å².